The lowest BCUT2D eigenvalue weighted by atomic mass is 10.2. The topological polar surface area (TPSA) is 186 Å². The molecule has 0 spiro atoms. The Labute approximate surface area is 133 Å². The van der Waals surface area contributed by atoms with Crippen molar-refractivity contribution in [1.82, 2.24) is 9.97 Å². The van der Waals surface area contributed by atoms with Crippen LogP contribution in [0.2, 0.25) is 0 Å². The highest BCUT2D eigenvalue weighted by Gasteiger charge is 2.07. The van der Waals surface area contributed by atoms with Crippen LogP contribution in [0.25, 0.3) is 0 Å². The molecular weight excluding hydrogens is 300 g/mol. The van der Waals surface area contributed by atoms with Gasteiger partial charge in [-0.3, -0.25) is 0 Å². The van der Waals surface area contributed by atoms with Crippen molar-refractivity contribution in [2.45, 2.75) is 0 Å². The number of aromatic hydroxyl groups is 1. The molecule has 126 valence electrons. The second kappa shape index (κ2) is 7.75. The highest BCUT2D eigenvalue weighted by molar-refractivity contribution is 5.72. The third-order valence-corrected chi connectivity index (χ3v) is 2.68. The van der Waals surface area contributed by atoms with Gasteiger partial charge in [0, 0.05) is 19.8 Å². The number of rotatable bonds is 3. The van der Waals surface area contributed by atoms with Crippen LogP contribution >= 0.6 is 0 Å². The van der Waals surface area contributed by atoms with E-state index in [2.05, 4.69) is 15.3 Å². The largest absolute Gasteiger partial charge is 0.506 e. The summed E-state index contributed by atoms with van der Waals surface area (Å²) in [6.45, 7) is -0.225. The predicted molar refractivity (Wildman–Crippen MR) is 92.8 cm³/mol. The molecule has 0 radical (unpaired) electrons. The SMILES string of the molecule is CN(C)c1nc(N)c(N)c(N)n1.Nc1ccc(O)c(NCO)c1. The van der Waals surface area contributed by atoms with Crippen LogP contribution < -0.4 is 33.2 Å². The summed E-state index contributed by atoms with van der Waals surface area (Å²) >= 11 is 0. The average Bonchev–Trinajstić information content (AvgIpc) is 2.49. The standard InChI is InChI=1S/C7H10N2O2.C6H12N6/c8-5-1-2-7(11)6(3-5)9-4-10;1-12(2)6-10-4(8)3(7)5(9)11-6/h1-3,9-11H,4,8H2;7H2,1-2H3,(H4,8,9,10,11). The summed E-state index contributed by atoms with van der Waals surface area (Å²) in [5.74, 6) is 0.963. The van der Waals surface area contributed by atoms with Crippen LogP contribution in [-0.2, 0) is 0 Å². The third-order valence-electron chi connectivity index (χ3n) is 2.68. The summed E-state index contributed by atoms with van der Waals surface area (Å²) in [5, 5.41) is 20.2. The average molecular weight is 322 g/mol. The lowest BCUT2D eigenvalue weighted by Gasteiger charge is -2.12. The van der Waals surface area contributed by atoms with Gasteiger partial charge >= 0.3 is 0 Å². The quantitative estimate of drug-likeness (QED) is 0.170. The van der Waals surface area contributed by atoms with Crippen LogP contribution in [0.4, 0.5) is 34.6 Å². The highest BCUT2D eigenvalue weighted by atomic mass is 16.3. The first-order valence-electron chi connectivity index (χ1n) is 6.55. The zero-order valence-corrected chi connectivity index (χ0v) is 13.0. The van der Waals surface area contributed by atoms with Crippen LogP contribution in [0.3, 0.4) is 0 Å². The summed E-state index contributed by atoms with van der Waals surface area (Å²) in [5.41, 5.74) is 23.1. The number of aliphatic hydroxyl groups is 1. The van der Waals surface area contributed by atoms with E-state index < -0.39 is 0 Å². The Balaban J connectivity index is 0.000000231. The number of aliphatic hydroxyl groups excluding tert-OH is 1. The van der Waals surface area contributed by atoms with Crippen molar-refractivity contribution < 1.29 is 10.2 Å². The molecule has 0 fully saturated rings. The summed E-state index contributed by atoms with van der Waals surface area (Å²) in [7, 11) is 3.59. The molecule has 10 nitrogen and oxygen atoms in total. The molecule has 1 heterocycles. The smallest absolute Gasteiger partial charge is 0.228 e. The number of anilines is 6. The van der Waals surface area contributed by atoms with Gasteiger partial charge in [-0.05, 0) is 18.2 Å². The Kier molecular flexibility index (Phi) is 6.04. The Morgan fingerprint density at radius 2 is 1.65 bits per heavy atom. The number of phenols is 1. The Bertz CT molecular complexity index is 639. The molecule has 0 bridgehead atoms. The van der Waals surface area contributed by atoms with Crippen LogP contribution in [0.1, 0.15) is 0 Å². The minimum Gasteiger partial charge on any atom is -0.506 e. The van der Waals surface area contributed by atoms with Crippen LogP contribution in [0, 0.1) is 0 Å². The van der Waals surface area contributed by atoms with Crippen molar-refractivity contribution in [1.29, 1.82) is 0 Å². The van der Waals surface area contributed by atoms with E-state index in [4.69, 9.17) is 33.1 Å². The Hall–Kier alpha value is -3.14. The minimum absolute atomic E-state index is 0.0771. The zero-order valence-electron chi connectivity index (χ0n) is 13.0. The van der Waals surface area contributed by atoms with Crippen molar-refractivity contribution in [2.24, 2.45) is 0 Å². The Morgan fingerprint density at radius 3 is 2.13 bits per heavy atom. The molecular formula is C13H22N8O2. The van der Waals surface area contributed by atoms with Crippen molar-refractivity contribution in [3.05, 3.63) is 18.2 Å². The van der Waals surface area contributed by atoms with Gasteiger partial charge < -0.3 is 43.4 Å². The molecule has 1 aromatic carbocycles. The molecule has 23 heavy (non-hydrogen) atoms. The first kappa shape index (κ1) is 17.9. The molecule has 0 saturated carbocycles. The normalized spacial score (nSPS) is 9.70. The van der Waals surface area contributed by atoms with Crippen LogP contribution in [0.15, 0.2) is 18.2 Å². The maximum absolute atomic E-state index is 9.14. The molecule has 1 aromatic heterocycles. The summed E-state index contributed by atoms with van der Waals surface area (Å²) in [6.07, 6.45) is 0. The van der Waals surface area contributed by atoms with Gasteiger partial charge in [-0.2, -0.15) is 9.97 Å². The second-order valence-corrected chi connectivity index (χ2v) is 4.71. The summed E-state index contributed by atoms with van der Waals surface area (Å²) in [6, 6.07) is 4.59. The monoisotopic (exact) mass is 322 g/mol. The van der Waals surface area contributed by atoms with Gasteiger partial charge in [-0.15, -0.1) is 0 Å². The van der Waals surface area contributed by atoms with E-state index in [1.807, 2.05) is 0 Å². The lowest BCUT2D eigenvalue weighted by molar-refractivity contribution is 0.324. The molecule has 10 heteroatoms. The number of nitrogens with two attached hydrogens (primary N) is 4. The fourth-order valence-corrected chi connectivity index (χ4v) is 1.47. The van der Waals surface area contributed by atoms with Crippen molar-refractivity contribution in [3.63, 3.8) is 0 Å². The Morgan fingerprint density at radius 1 is 1.09 bits per heavy atom. The van der Waals surface area contributed by atoms with E-state index in [1.165, 1.54) is 6.07 Å². The predicted octanol–water partition coefficient (Wildman–Crippen LogP) is -0.375. The maximum Gasteiger partial charge on any atom is 0.228 e. The van der Waals surface area contributed by atoms with Gasteiger partial charge in [-0.25, -0.2) is 0 Å². The lowest BCUT2D eigenvalue weighted by Crippen LogP contribution is -2.16. The van der Waals surface area contributed by atoms with Crippen LogP contribution in [-0.4, -0.2) is 41.0 Å². The molecule has 0 atom stereocenters. The highest BCUT2D eigenvalue weighted by Crippen LogP contribution is 2.24. The van der Waals surface area contributed by atoms with E-state index in [9.17, 15) is 0 Å². The fourth-order valence-electron chi connectivity index (χ4n) is 1.47. The van der Waals surface area contributed by atoms with E-state index in [0.29, 0.717) is 17.3 Å². The molecule has 2 rings (SSSR count). The minimum atomic E-state index is -0.225. The maximum atomic E-state index is 9.14. The first-order valence-corrected chi connectivity index (χ1v) is 6.55. The van der Waals surface area contributed by atoms with E-state index >= 15 is 0 Å². The molecule has 0 saturated heterocycles. The van der Waals surface area contributed by atoms with E-state index in [0.717, 1.165) is 0 Å². The van der Waals surface area contributed by atoms with Gasteiger partial charge in [0.05, 0.1) is 5.69 Å². The molecule has 0 unspecified atom stereocenters. The number of hydrogen-bond donors (Lipinski definition) is 7. The number of nitrogens with zero attached hydrogens (tertiary/aromatic N) is 3. The molecule has 0 aliphatic carbocycles. The van der Waals surface area contributed by atoms with E-state index in [-0.39, 0.29) is 29.8 Å². The number of phenolic OH excluding ortho intramolecular Hbond substituents is 1. The van der Waals surface area contributed by atoms with Crippen molar-refractivity contribution >= 4 is 34.6 Å². The first-order chi connectivity index (χ1) is 10.8. The van der Waals surface area contributed by atoms with E-state index in [1.54, 1.807) is 31.1 Å². The zero-order chi connectivity index (χ0) is 17.6. The van der Waals surface area contributed by atoms with Gasteiger partial charge in [0.2, 0.25) is 5.95 Å². The summed E-state index contributed by atoms with van der Waals surface area (Å²) in [4.78, 5) is 9.54. The summed E-state index contributed by atoms with van der Waals surface area (Å²) < 4.78 is 0. The molecule has 0 aliphatic heterocycles. The molecule has 11 N–H and O–H groups in total. The van der Waals surface area contributed by atoms with Gasteiger partial charge in [0.25, 0.3) is 0 Å². The third kappa shape index (κ3) is 4.97. The molecule has 0 amide bonds. The van der Waals surface area contributed by atoms with Crippen molar-refractivity contribution in [3.8, 4) is 5.75 Å². The molecule has 2 aromatic rings. The van der Waals surface area contributed by atoms with Gasteiger partial charge in [0.15, 0.2) is 11.6 Å². The van der Waals surface area contributed by atoms with Crippen molar-refractivity contribution in [2.75, 3.05) is 54.0 Å². The van der Waals surface area contributed by atoms with Gasteiger partial charge in [0.1, 0.15) is 18.2 Å². The number of nitrogen functional groups attached to an aromatic ring is 4. The van der Waals surface area contributed by atoms with Gasteiger partial charge in [-0.1, -0.05) is 0 Å². The number of aromatic nitrogens is 2. The number of hydrogen-bond acceptors (Lipinski definition) is 10. The number of benzene rings is 1. The molecule has 0 aliphatic rings. The second-order valence-electron chi connectivity index (χ2n) is 4.71. The fraction of sp³-hybridized carbons (Fsp3) is 0.231. The number of nitrogens with one attached hydrogen (secondary N) is 1. The van der Waals surface area contributed by atoms with Crippen LogP contribution in [0.5, 0.6) is 5.75 Å².